The monoisotopic (exact) mass is 221 g/mol. The van der Waals surface area contributed by atoms with Gasteiger partial charge in [-0.05, 0) is 24.3 Å². The summed E-state index contributed by atoms with van der Waals surface area (Å²) in [5.41, 5.74) is 6.92. The smallest absolute Gasteiger partial charge is 0.119 e. The van der Waals surface area contributed by atoms with Gasteiger partial charge in [-0.1, -0.05) is 0 Å². The fourth-order valence-electron chi connectivity index (χ4n) is 2.01. The molecule has 1 unspecified atom stereocenters. The summed E-state index contributed by atoms with van der Waals surface area (Å²) in [6, 6.07) is 8.58. The van der Waals surface area contributed by atoms with Crippen molar-refractivity contribution in [3.8, 4) is 5.75 Å². The van der Waals surface area contributed by atoms with Crippen molar-refractivity contribution in [3.63, 3.8) is 0 Å². The Bertz CT molecular complexity index is 326. The third kappa shape index (κ3) is 2.46. The van der Waals surface area contributed by atoms with Crippen molar-refractivity contribution in [2.75, 3.05) is 38.2 Å². The van der Waals surface area contributed by atoms with Gasteiger partial charge in [0.25, 0.3) is 0 Å². The molecule has 1 fully saturated rings. The Hall–Kier alpha value is -1.26. The highest BCUT2D eigenvalue weighted by atomic mass is 16.5. The first kappa shape index (κ1) is 11.2. The number of hydrogen-bond donors (Lipinski definition) is 2. The van der Waals surface area contributed by atoms with Gasteiger partial charge >= 0.3 is 0 Å². The Morgan fingerprint density at radius 3 is 2.81 bits per heavy atom. The molecule has 1 heterocycles. The van der Waals surface area contributed by atoms with Crippen molar-refractivity contribution in [2.24, 2.45) is 5.73 Å². The number of ether oxygens (including phenoxy) is 1. The molecule has 0 aromatic heterocycles. The second kappa shape index (κ2) is 5.18. The first-order chi connectivity index (χ1) is 7.83. The summed E-state index contributed by atoms with van der Waals surface area (Å²) < 4.78 is 5.15. The number of methoxy groups -OCH3 is 1. The second-order valence-electron chi connectivity index (χ2n) is 4.03. The standard InChI is InChI=1S/C12H19N3O/c1-16-12-4-2-11(3-5-12)15-7-6-14-10(8-13)9-15/h2-5,10,14H,6-9,13H2,1H3. The van der Waals surface area contributed by atoms with Crippen molar-refractivity contribution in [1.82, 2.24) is 5.32 Å². The van der Waals surface area contributed by atoms with Crippen LogP contribution in [0.5, 0.6) is 5.75 Å². The highest BCUT2D eigenvalue weighted by Gasteiger charge is 2.17. The van der Waals surface area contributed by atoms with Gasteiger partial charge in [0, 0.05) is 37.9 Å². The molecule has 4 heteroatoms. The molecule has 16 heavy (non-hydrogen) atoms. The minimum absolute atomic E-state index is 0.399. The molecule has 1 aromatic rings. The maximum absolute atomic E-state index is 5.68. The summed E-state index contributed by atoms with van der Waals surface area (Å²) in [6.45, 7) is 3.69. The van der Waals surface area contributed by atoms with Crippen LogP contribution in [0.3, 0.4) is 0 Å². The van der Waals surface area contributed by atoms with E-state index in [1.54, 1.807) is 7.11 Å². The maximum Gasteiger partial charge on any atom is 0.119 e. The van der Waals surface area contributed by atoms with E-state index >= 15 is 0 Å². The molecule has 3 N–H and O–H groups in total. The maximum atomic E-state index is 5.68. The Kier molecular flexibility index (Phi) is 3.64. The van der Waals surface area contributed by atoms with E-state index in [0.29, 0.717) is 12.6 Å². The van der Waals surface area contributed by atoms with Crippen LogP contribution in [-0.4, -0.2) is 39.3 Å². The van der Waals surface area contributed by atoms with E-state index < -0.39 is 0 Å². The molecule has 1 aliphatic rings. The van der Waals surface area contributed by atoms with E-state index in [2.05, 4.69) is 22.3 Å². The molecule has 2 rings (SSSR count). The fraction of sp³-hybridized carbons (Fsp3) is 0.500. The van der Waals surface area contributed by atoms with E-state index in [9.17, 15) is 0 Å². The van der Waals surface area contributed by atoms with E-state index in [-0.39, 0.29) is 0 Å². The molecule has 0 bridgehead atoms. The molecule has 4 nitrogen and oxygen atoms in total. The average molecular weight is 221 g/mol. The summed E-state index contributed by atoms with van der Waals surface area (Å²) in [5.74, 6) is 0.897. The number of piperazine rings is 1. The van der Waals surface area contributed by atoms with Gasteiger partial charge in [-0.25, -0.2) is 0 Å². The van der Waals surface area contributed by atoms with Gasteiger partial charge < -0.3 is 20.7 Å². The molecule has 88 valence electrons. The van der Waals surface area contributed by atoms with E-state index in [1.807, 2.05) is 12.1 Å². The molecular weight excluding hydrogens is 202 g/mol. The Balaban J connectivity index is 2.05. The SMILES string of the molecule is COc1ccc(N2CCNC(CN)C2)cc1. The van der Waals surface area contributed by atoms with Crippen molar-refractivity contribution >= 4 is 5.69 Å². The van der Waals surface area contributed by atoms with Crippen molar-refractivity contribution in [2.45, 2.75) is 6.04 Å². The minimum Gasteiger partial charge on any atom is -0.497 e. The van der Waals surface area contributed by atoms with Crippen LogP contribution in [0.25, 0.3) is 0 Å². The number of anilines is 1. The summed E-state index contributed by atoms with van der Waals surface area (Å²) in [5, 5.41) is 3.40. The lowest BCUT2D eigenvalue weighted by Gasteiger charge is -2.34. The summed E-state index contributed by atoms with van der Waals surface area (Å²) >= 11 is 0. The lowest BCUT2D eigenvalue weighted by Crippen LogP contribution is -2.53. The molecule has 0 saturated carbocycles. The van der Waals surface area contributed by atoms with Gasteiger partial charge in [0.2, 0.25) is 0 Å². The van der Waals surface area contributed by atoms with Crippen LogP contribution in [-0.2, 0) is 0 Å². The van der Waals surface area contributed by atoms with Crippen LogP contribution in [0.15, 0.2) is 24.3 Å². The van der Waals surface area contributed by atoms with E-state index in [0.717, 1.165) is 25.4 Å². The summed E-state index contributed by atoms with van der Waals surface area (Å²) in [7, 11) is 1.68. The Morgan fingerprint density at radius 2 is 2.19 bits per heavy atom. The number of benzene rings is 1. The van der Waals surface area contributed by atoms with Crippen LogP contribution in [0.4, 0.5) is 5.69 Å². The number of nitrogens with two attached hydrogens (primary N) is 1. The number of rotatable bonds is 3. The van der Waals surface area contributed by atoms with Crippen LogP contribution >= 0.6 is 0 Å². The van der Waals surface area contributed by atoms with Crippen LogP contribution in [0.1, 0.15) is 0 Å². The summed E-state index contributed by atoms with van der Waals surface area (Å²) in [6.07, 6.45) is 0. The lowest BCUT2D eigenvalue weighted by atomic mass is 10.2. The van der Waals surface area contributed by atoms with Crippen LogP contribution < -0.4 is 20.7 Å². The van der Waals surface area contributed by atoms with Crippen molar-refractivity contribution < 1.29 is 4.74 Å². The number of hydrogen-bond acceptors (Lipinski definition) is 4. The van der Waals surface area contributed by atoms with Gasteiger partial charge in [0.15, 0.2) is 0 Å². The quantitative estimate of drug-likeness (QED) is 0.777. The normalized spacial score (nSPS) is 20.9. The number of nitrogens with zero attached hydrogens (tertiary/aromatic N) is 1. The topological polar surface area (TPSA) is 50.5 Å². The largest absolute Gasteiger partial charge is 0.497 e. The molecule has 0 amide bonds. The Labute approximate surface area is 96.4 Å². The molecule has 1 aromatic carbocycles. The fourth-order valence-corrected chi connectivity index (χ4v) is 2.01. The minimum atomic E-state index is 0.399. The second-order valence-corrected chi connectivity index (χ2v) is 4.03. The summed E-state index contributed by atoms with van der Waals surface area (Å²) in [4.78, 5) is 2.35. The van der Waals surface area contributed by atoms with Gasteiger partial charge in [-0.3, -0.25) is 0 Å². The molecule has 0 spiro atoms. The first-order valence-electron chi connectivity index (χ1n) is 5.66. The zero-order chi connectivity index (χ0) is 11.4. The third-order valence-electron chi connectivity index (χ3n) is 2.98. The highest BCUT2D eigenvalue weighted by molar-refractivity contribution is 5.49. The molecule has 1 saturated heterocycles. The predicted octanol–water partition coefficient (Wildman–Crippen LogP) is 0.432. The molecular formula is C12H19N3O. The average Bonchev–Trinajstić information content (AvgIpc) is 2.39. The zero-order valence-electron chi connectivity index (χ0n) is 9.65. The zero-order valence-corrected chi connectivity index (χ0v) is 9.65. The predicted molar refractivity (Wildman–Crippen MR) is 66.1 cm³/mol. The number of nitrogens with one attached hydrogen (secondary N) is 1. The highest BCUT2D eigenvalue weighted by Crippen LogP contribution is 2.20. The van der Waals surface area contributed by atoms with Crippen molar-refractivity contribution in [3.05, 3.63) is 24.3 Å². The lowest BCUT2D eigenvalue weighted by molar-refractivity contribution is 0.414. The van der Waals surface area contributed by atoms with E-state index in [4.69, 9.17) is 10.5 Å². The van der Waals surface area contributed by atoms with Crippen LogP contribution in [0.2, 0.25) is 0 Å². The van der Waals surface area contributed by atoms with Gasteiger partial charge in [0.1, 0.15) is 5.75 Å². The van der Waals surface area contributed by atoms with E-state index in [1.165, 1.54) is 5.69 Å². The van der Waals surface area contributed by atoms with Crippen LogP contribution in [0, 0.1) is 0 Å². The molecule has 1 atom stereocenters. The third-order valence-corrected chi connectivity index (χ3v) is 2.98. The van der Waals surface area contributed by atoms with Crippen molar-refractivity contribution in [1.29, 1.82) is 0 Å². The Morgan fingerprint density at radius 1 is 1.44 bits per heavy atom. The molecule has 0 aliphatic carbocycles. The van der Waals surface area contributed by atoms with Gasteiger partial charge in [0.05, 0.1) is 7.11 Å². The molecule has 0 radical (unpaired) electrons. The van der Waals surface area contributed by atoms with Gasteiger partial charge in [-0.2, -0.15) is 0 Å². The van der Waals surface area contributed by atoms with Gasteiger partial charge in [-0.15, -0.1) is 0 Å². The molecule has 1 aliphatic heterocycles. The first-order valence-corrected chi connectivity index (χ1v) is 5.66.